The maximum Gasteiger partial charge on any atom is 0.240 e. The molecule has 0 aliphatic rings. The van der Waals surface area contributed by atoms with Crippen molar-refractivity contribution in [1.29, 1.82) is 0 Å². The van der Waals surface area contributed by atoms with Crippen molar-refractivity contribution in [2.45, 2.75) is 46.5 Å². The molecule has 142 valence electrons. The van der Waals surface area contributed by atoms with Crippen molar-refractivity contribution in [3.05, 3.63) is 65.2 Å². The Morgan fingerprint density at radius 2 is 1.63 bits per heavy atom. The van der Waals surface area contributed by atoms with E-state index in [1.165, 1.54) is 0 Å². The fraction of sp³-hybridized carbons (Fsp3) is 0.318. The highest BCUT2D eigenvalue weighted by molar-refractivity contribution is 6.01. The van der Waals surface area contributed by atoms with Crippen molar-refractivity contribution in [2.75, 3.05) is 5.32 Å². The maximum absolute atomic E-state index is 12.1. The van der Waals surface area contributed by atoms with Gasteiger partial charge in [-0.05, 0) is 37.5 Å². The number of carbonyl (C=O) groups excluding carboxylic acids is 2. The Labute approximate surface area is 160 Å². The molecule has 0 atom stereocenters. The molecule has 0 saturated carbocycles. The highest BCUT2D eigenvalue weighted by Crippen LogP contribution is 2.16. The number of nitrogens with zero attached hydrogens (tertiary/aromatic N) is 1. The monoisotopic (exact) mass is 365 g/mol. The van der Waals surface area contributed by atoms with Gasteiger partial charge in [0.15, 0.2) is 0 Å². The van der Waals surface area contributed by atoms with Gasteiger partial charge in [0, 0.05) is 18.5 Å². The SMILES string of the molecule is CCC/C(=N\NC(=O)CCC(=O)Nc1ccc(C)cc1C)c1ccccc1. The normalized spacial score (nSPS) is 11.1. The van der Waals surface area contributed by atoms with Gasteiger partial charge in [-0.25, -0.2) is 5.43 Å². The summed E-state index contributed by atoms with van der Waals surface area (Å²) in [5.74, 6) is -0.451. The number of hydrogen-bond acceptors (Lipinski definition) is 3. The fourth-order valence-corrected chi connectivity index (χ4v) is 2.71. The zero-order valence-electron chi connectivity index (χ0n) is 16.2. The molecule has 0 aliphatic heterocycles. The fourth-order valence-electron chi connectivity index (χ4n) is 2.71. The third-order valence-corrected chi connectivity index (χ3v) is 4.14. The Balaban J connectivity index is 1.86. The first-order valence-corrected chi connectivity index (χ1v) is 9.27. The second kappa shape index (κ2) is 10.3. The summed E-state index contributed by atoms with van der Waals surface area (Å²) in [6.07, 6.45) is 1.91. The molecule has 27 heavy (non-hydrogen) atoms. The van der Waals surface area contributed by atoms with Crippen molar-refractivity contribution in [1.82, 2.24) is 5.43 Å². The van der Waals surface area contributed by atoms with Crippen LogP contribution in [0.5, 0.6) is 0 Å². The molecule has 0 aromatic heterocycles. The lowest BCUT2D eigenvalue weighted by atomic mass is 10.1. The largest absolute Gasteiger partial charge is 0.326 e. The van der Waals surface area contributed by atoms with Crippen molar-refractivity contribution >= 4 is 23.2 Å². The number of anilines is 1. The molecule has 0 spiro atoms. The minimum absolute atomic E-state index is 0.0917. The number of hydrazone groups is 1. The van der Waals surface area contributed by atoms with Gasteiger partial charge in [-0.2, -0.15) is 5.10 Å². The summed E-state index contributed by atoms with van der Waals surface area (Å²) >= 11 is 0. The molecule has 5 nitrogen and oxygen atoms in total. The zero-order valence-corrected chi connectivity index (χ0v) is 16.2. The second-order valence-corrected chi connectivity index (χ2v) is 6.58. The summed E-state index contributed by atoms with van der Waals surface area (Å²) in [7, 11) is 0. The van der Waals surface area contributed by atoms with Crippen LogP contribution in [0, 0.1) is 13.8 Å². The van der Waals surface area contributed by atoms with Gasteiger partial charge < -0.3 is 5.32 Å². The van der Waals surface area contributed by atoms with Crippen LogP contribution in [-0.4, -0.2) is 17.5 Å². The predicted octanol–water partition coefficient (Wildman–Crippen LogP) is 4.34. The maximum atomic E-state index is 12.1. The highest BCUT2D eigenvalue weighted by Gasteiger charge is 2.09. The van der Waals surface area contributed by atoms with E-state index in [2.05, 4.69) is 22.8 Å². The summed E-state index contributed by atoms with van der Waals surface area (Å²) < 4.78 is 0. The van der Waals surface area contributed by atoms with Crippen LogP contribution in [0.25, 0.3) is 0 Å². The molecular weight excluding hydrogens is 338 g/mol. The molecule has 2 amide bonds. The molecular formula is C22H27N3O2. The van der Waals surface area contributed by atoms with E-state index < -0.39 is 0 Å². The van der Waals surface area contributed by atoms with E-state index in [4.69, 9.17) is 0 Å². The van der Waals surface area contributed by atoms with Crippen LogP contribution in [0.2, 0.25) is 0 Å². The van der Waals surface area contributed by atoms with E-state index in [1.54, 1.807) is 0 Å². The lowest BCUT2D eigenvalue weighted by Crippen LogP contribution is -2.22. The second-order valence-electron chi connectivity index (χ2n) is 6.58. The van der Waals surface area contributed by atoms with E-state index in [9.17, 15) is 9.59 Å². The van der Waals surface area contributed by atoms with Crippen LogP contribution < -0.4 is 10.7 Å². The Hall–Kier alpha value is -2.95. The summed E-state index contributed by atoms with van der Waals surface area (Å²) in [5.41, 5.74) is 7.33. The lowest BCUT2D eigenvalue weighted by molar-refractivity contribution is -0.124. The van der Waals surface area contributed by atoms with Gasteiger partial charge in [-0.15, -0.1) is 0 Å². The standard InChI is InChI=1S/C22H27N3O2/c1-4-8-20(18-9-6-5-7-10-18)24-25-22(27)14-13-21(26)23-19-12-11-16(2)15-17(19)3/h5-7,9-12,15H,4,8,13-14H2,1-3H3,(H,23,26)(H,25,27)/b24-20+. The third kappa shape index (κ3) is 6.70. The minimum atomic E-state index is -0.268. The minimum Gasteiger partial charge on any atom is -0.326 e. The van der Waals surface area contributed by atoms with Crippen molar-refractivity contribution in [3.8, 4) is 0 Å². The number of rotatable bonds is 8. The number of amides is 2. The van der Waals surface area contributed by atoms with E-state index in [0.29, 0.717) is 0 Å². The molecule has 2 rings (SSSR count). The average Bonchev–Trinajstić information content (AvgIpc) is 2.66. The Morgan fingerprint density at radius 3 is 2.30 bits per heavy atom. The van der Waals surface area contributed by atoms with E-state index >= 15 is 0 Å². The van der Waals surface area contributed by atoms with Gasteiger partial charge in [-0.3, -0.25) is 9.59 Å². The van der Waals surface area contributed by atoms with Gasteiger partial charge in [0.2, 0.25) is 11.8 Å². The summed E-state index contributed by atoms with van der Waals surface area (Å²) in [5, 5.41) is 7.10. The van der Waals surface area contributed by atoms with Crippen LogP contribution in [0.4, 0.5) is 5.69 Å². The topological polar surface area (TPSA) is 70.6 Å². The summed E-state index contributed by atoms with van der Waals surface area (Å²) in [4.78, 5) is 24.1. The van der Waals surface area contributed by atoms with Crippen molar-refractivity contribution in [3.63, 3.8) is 0 Å². The zero-order chi connectivity index (χ0) is 19.6. The first-order chi connectivity index (χ1) is 13.0. The molecule has 0 aliphatic carbocycles. The van der Waals surface area contributed by atoms with Crippen molar-refractivity contribution < 1.29 is 9.59 Å². The van der Waals surface area contributed by atoms with E-state index in [1.807, 2.05) is 62.4 Å². The van der Waals surface area contributed by atoms with Gasteiger partial charge in [-0.1, -0.05) is 61.4 Å². The van der Waals surface area contributed by atoms with E-state index in [-0.39, 0.29) is 24.7 Å². The molecule has 2 N–H and O–H groups in total. The number of benzene rings is 2. The average molecular weight is 365 g/mol. The molecule has 0 bridgehead atoms. The van der Waals surface area contributed by atoms with Crippen LogP contribution >= 0.6 is 0 Å². The Morgan fingerprint density at radius 1 is 0.926 bits per heavy atom. The van der Waals surface area contributed by atoms with Gasteiger partial charge in [0.05, 0.1) is 5.71 Å². The third-order valence-electron chi connectivity index (χ3n) is 4.14. The molecule has 0 saturated heterocycles. The molecule has 0 radical (unpaired) electrons. The lowest BCUT2D eigenvalue weighted by Gasteiger charge is -2.09. The number of aryl methyl sites for hydroxylation is 2. The number of hydrogen-bond donors (Lipinski definition) is 2. The van der Waals surface area contributed by atoms with Crippen LogP contribution in [0.1, 0.15) is 49.3 Å². The van der Waals surface area contributed by atoms with Crippen LogP contribution in [0.3, 0.4) is 0 Å². The van der Waals surface area contributed by atoms with E-state index in [0.717, 1.165) is 40.9 Å². The first kappa shape index (κ1) is 20.4. The van der Waals surface area contributed by atoms with Crippen molar-refractivity contribution in [2.24, 2.45) is 5.10 Å². The molecule has 2 aromatic carbocycles. The van der Waals surface area contributed by atoms with Gasteiger partial charge in [0.1, 0.15) is 0 Å². The Bertz CT molecular complexity index is 814. The summed E-state index contributed by atoms with van der Waals surface area (Å²) in [6.45, 7) is 6.02. The van der Waals surface area contributed by atoms with Gasteiger partial charge >= 0.3 is 0 Å². The molecule has 0 heterocycles. The smallest absolute Gasteiger partial charge is 0.240 e. The highest BCUT2D eigenvalue weighted by atomic mass is 16.2. The van der Waals surface area contributed by atoms with Crippen LogP contribution in [-0.2, 0) is 9.59 Å². The predicted molar refractivity (Wildman–Crippen MR) is 110 cm³/mol. The quantitative estimate of drug-likeness (QED) is 0.539. The molecule has 0 unspecified atom stereocenters. The molecule has 5 heteroatoms. The molecule has 2 aromatic rings. The van der Waals surface area contributed by atoms with Crippen LogP contribution in [0.15, 0.2) is 53.6 Å². The summed E-state index contributed by atoms with van der Waals surface area (Å²) in [6, 6.07) is 15.6. The number of nitrogens with one attached hydrogen (secondary N) is 2. The Kier molecular flexibility index (Phi) is 7.74. The number of carbonyl (C=O) groups is 2. The first-order valence-electron chi connectivity index (χ1n) is 9.27. The molecule has 0 fully saturated rings. The van der Waals surface area contributed by atoms with Gasteiger partial charge in [0.25, 0.3) is 0 Å².